The van der Waals surface area contributed by atoms with Gasteiger partial charge >= 0.3 is 0 Å². The van der Waals surface area contributed by atoms with Crippen molar-refractivity contribution in [1.82, 2.24) is 0 Å². The van der Waals surface area contributed by atoms with Crippen molar-refractivity contribution in [2.75, 3.05) is 14.7 Å². The minimum atomic E-state index is -0.141. The molecule has 3 heteroatoms. The number of hydrogen-bond acceptors (Lipinski definition) is 3. The summed E-state index contributed by atoms with van der Waals surface area (Å²) in [5, 5.41) is 0. The molecule has 0 amide bonds. The Morgan fingerprint density at radius 3 is 2.02 bits per heavy atom. The fourth-order valence-electron chi connectivity index (χ4n) is 10.4. The molecule has 0 fully saturated rings. The summed E-state index contributed by atoms with van der Waals surface area (Å²) in [6.45, 7) is 4.80. The first-order valence-electron chi connectivity index (χ1n) is 21.3. The maximum Gasteiger partial charge on any atom is 0.0769 e. The largest absolute Gasteiger partial charge is 0.331 e. The first-order valence-corrected chi connectivity index (χ1v) is 21.3. The molecular weight excluding hydrogens is 703 g/mol. The molecule has 0 saturated heterocycles. The minimum Gasteiger partial charge on any atom is -0.331 e. The number of benzene rings is 5. The molecule has 2 unspecified atom stereocenters. The van der Waals surface area contributed by atoms with Crippen LogP contribution in [-0.4, -0.2) is 12.1 Å². The lowest BCUT2D eigenvalue weighted by atomic mass is 9.81. The van der Waals surface area contributed by atoms with E-state index in [4.69, 9.17) is 0 Å². The highest BCUT2D eigenvalue weighted by Crippen LogP contribution is 2.53. The smallest absolute Gasteiger partial charge is 0.0769 e. The van der Waals surface area contributed by atoms with Crippen molar-refractivity contribution in [2.45, 2.75) is 69.9 Å². The molecule has 284 valence electrons. The van der Waals surface area contributed by atoms with Gasteiger partial charge in [0.2, 0.25) is 0 Å². The van der Waals surface area contributed by atoms with Crippen LogP contribution in [0.2, 0.25) is 0 Å². The summed E-state index contributed by atoms with van der Waals surface area (Å²) in [7, 11) is 0. The topological polar surface area (TPSA) is 9.72 Å². The van der Waals surface area contributed by atoms with Crippen molar-refractivity contribution in [1.29, 1.82) is 0 Å². The lowest BCUT2D eigenvalue weighted by Crippen LogP contribution is -2.53. The fourth-order valence-corrected chi connectivity index (χ4v) is 10.4. The van der Waals surface area contributed by atoms with Crippen LogP contribution in [0.5, 0.6) is 0 Å². The van der Waals surface area contributed by atoms with E-state index in [0.29, 0.717) is 0 Å². The predicted molar refractivity (Wildman–Crippen MR) is 245 cm³/mol. The van der Waals surface area contributed by atoms with Crippen LogP contribution in [0.1, 0.15) is 73.8 Å². The number of para-hydroxylation sites is 3. The Labute approximate surface area is 343 Å². The lowest BCUT2D eigenvalue weighted by Gasteiger charge is -2.49. The summed E-state index contributed by atoms with van der Waals surface area (Å²) in [5.74, 6) is 0. The zero-order chi connectivity index (χ0) is 38.8. The third kappa shape index (κ3) is 5.70. The maximum atomic E-state index is 2.58. The predicted octanol–water partition coefficient (Wildman–Crippen LogP) is 13.9. The quantitative estimate of drug-likeness (QED) is 0.166. The molecule has 0 N–H and O–H groups in total. The van der Waals surface area contributed by atoms with E-state index in [9.17, 15) is 0 Å². The molecule has 11 rings (SSSR count). The monoisotopic (exact) mass is 751 g/mol. The van der Waals surface area contributed by atoms with Crippen molar-refractivity contribution < 1.29 is 0 Å². The van der Waals surface area contributed by atoms with Gasteiger partial charge in [-0.3, -0.25) is 0 Å². The third-order valence-corrected chi connectivity index (χ3v) is 13.3. The summed E-state index contributed by atoms with van der Waals surface area (Å²) in [4.78, 5) is 7.66. The van der Waals surface area contributed by atoms with Gasteiger partial charge in [-0.2, -0.15) is 0 Å². The van der Waals surface area contributed by atoms with Crippen LogP contribution in [0.15, 0.2) is 181 Å². The van der Waals surface area contributed by atoms with E-state index < -0.39 is 0 Å². The van der Waals surface area contributed by atoms with Crippen LogP contribution < -0.4 is 14.7 Å². The Kier molecular flexibility index (Phi) is 8.39. The van der Waals surface area contributed by atoms with Crippen molar-refractivity contribution >= 4 is 40.6 Å². The SMILES string of the molecule is CC1(C)c2cc(/C=C/c3ccc(N4C5=C(C=CCC5)CCc5ccccc54)cc3)ccc2-c2ccc(N3c4ccccc4N(C4=CCCC=C4)C4C=CC=CC43)cc21. The Hall–Kier alpha value is -6.32. The first kappa shape index (κ1) is 34.9. The van der Waals surface area contributed by atoms with Crippen LogP contribution >= 0.6 is 0 Å². The number of aryl methyl sites for hydroxylation is 1. The lowest BCUT2D eigenvalue weighted by molar-refractivity contribution is 0.621. The van der Waals surface area contributed by atoms with Gasteiger partial charge in [-0.1, -0.05) is 141 Å². The number of allylic oxidation sites excluding steroid dienone is 9. The van der Waals surface area contributed by atoms with E-state index in [0.717, 1.165) is 38.5 Å². The molecule has 2 heterocycles. The highest BCUT2D eigenvalue weighted by atomic mass is 15.3. The molecule has 4 aliphatic carbocycles. The van der Waals surface area contributed by atoms with Gasteiger partial charge < -0.3 is 14.7 Å². The van der Waals surface area contributed by atoms with E-state index in [1.807, 2.05) is 0 Å². The van der Waals surface area contributed by atoms with Crippen LogP contribution in [0, 0.1) is 0 Å². The fraction of sp³-hybridized carbons (Fsp3) is 0.200. The van der Waals surface area contributed by atoms with Gasteiger partial charge in [-0.15, -0.1) is 0 Å². The molecule has 2 atom stereocenters. The van der Waals surface area contributed by atoms with Crippen LogP contribution in [-0.2, 0) is 11.8 Å². The molecule has 0 radical (unpaired) electrons. The summed E-state index contributed by atoms with van der Waals surface area (Å²) < 4.78 is 0. The number of fused-ring (bicyclic) bond motifs is 6. The second-order valence-corrected chi connectivity index (χ2v) is 17.1. The Bertz CT molecular complexity index is 2680. The summed E-state index contributed by atoms with van der Waals surface area (Å²) >= 11 is 0. The van der Waals surface area contributed by atoms with Gasteiger partial charge in [0.25, 0.3) is 0 Å². The summed E-state index contributed by atoms with van der Waals surface area (Å²) in [6, 6.07) is 41.7. The zero-order valence-corrected chi connectivity index (χ0v) is 33.5. The van der Waals surface area contributed by atoms with Crippen molar-refractivity contribution in [3.8, 4) is 11.1 Å². The van der Waals surface area contributed by atoms with Crippen LogP contribution in [0.3, 0.4) is 0 Å². The Morgan fingerprint density at radius 1 is 0.569 bits per heavy atom. The molecular formula is C55H49N3. The molecule has 0 bridgehead atoms. The van der Waals surface area contributed by atoms with E-state index >= 15 is 0 Å². The number of rotatable bonds is 5. The third-order valence-electron chi connectivity index (χ3n) is 13.3. The van der Waals surface area contributed by atoms with Crippen molar-refractivity contribution in [2.24, 2.45) is 0 Å². The second kappa shape index (κ2) is 14.0. The molecule has 6 aliphatic rings. The Morgan fingerprint density at radius 2 is 1.22 bits per heavy atom. The molecule has 0 saturated carbocycles. The van der Waals surface area contributed by atoms with E-state index in [1.165, 1.54) is 84.3 Å². The van der Waals surface area contributed by atoms with E-state index in [1.54, 1.807) is 0 Å². The first-order chi connectivity index (χ1) is 28.5. The number of anilines is 5. The maximum absolute atomic E-state index is 2.58. The minimum absolute atomic E-state index is 0.141. The normalized spacial score (nSPS) is 20.9. The van der Waals surface area contributed by atoms with Gasteiger partial charge in [0.05, 0.1) is 23.5 Å². The number of hydrogen-bond donors (Lipinski definition) is 0. The summed E-state index contributed by atoms with van der Waals surface area (Å²) in [6.07, 6.45) is 32.0. The Balaban J connectivity index is 0.888. The average Bonchev–Trinajstić information content (AvgIpc) is 3.38. The molecule has 0 aromatic heterocycles. The van der Waals surface area contributed by atoms with Crippen LogP contribution in [0.25, 0.3) is 23.3 Å². The average molecular weight is 752 g/mol. The van der Waals surface area contributed by atoms with Gasteiger partial charge in [0, 0.05) is 33.9 Å². The molecule has 3 nitrogen and oxygen atoms in total. The highest BCUT2D eigenvalue weighted by molar-refractivity contribution is 5.89. The molecule has 5 aromatic carbocycles. The van der Waals surface area contributed by atoms with Gasteiger partial charge in [0.15, 0.2) is 0 Å². The standard InChI is InChI=1S/C55H49N3/c1-55(2)47-36-39(25-24-38-26-31-43(32-27-38)56-49-18-8-6-14-40(49)29-30-41-15-7-9-19-50(41)56)28-34-45(47)46-35-33-44(37-48(46)55)58-53-22-12-10-20-51(53)57(42-16-4-3-5-17-42)52-21-11-13-23-54(52)58/h4,6-8,10-18,20-28,31-37,51,53H,3,5,9,19,29-30H2,1-2H3/b25-24+. The van der Waals surface area contributed by atoms with Gasteiger partial charge in [-0.25, -0.2) is 0 Å². The molecule has 58 heavy (non-hydrogen) atoms. The van der Waals surface area contributed by atoms with E-state index in [-0.39, 0.29) is 17.5 Å². The van der Waals surface area contributed by atoms with Crippen LogP contribution in [0.4, 0.5) is 28.4 Å². The van der Waals surface area contributed by atoms with E-state index in [2.05, 4.69) is 205 Å². The zero-order valence-electron chi connectivity index (χ0n) is 33.5. The molecule has 2 aliphatic heterocycles. The van der Waals surface area contributed by atoms with Gasteiger partial charge in [-0.05, 0) is 132 Å². The highest BCUT2D eigenvalue weighted by Gasteiger charge is 2.41. The molecule has 0 spiro atoms. The summed E-state index contributed by atoms with van der Waals surface area (Å²) in [5.41, 5.74) is 19.7. The van der Waals surface area contributed by atoms with Crippen molar-refractivity contribution in [3.05, 3.63) is 209 Å². The second-order valence-electron chi connectivity index (χ2n) is 17.1. The van der Waals surface area contributed by atoms with Crippen molar-refractivity contribution in [3.63, 3.8) is 0 Å². The number of nitrogens with zero attached hydrogens (tertiary/aromatic N) is 3. The molecule has 5 aromatic rings. The van der Waals surface area contributed by atoms with Gasteiger partial charge in [0.1, 0.15) is 0 Å².